The van der Waals surface area contributed by atoms with Crippen LogP contribution in [-0.4, -0.2) is 39.4 Å². The van der Waals surface area contributed by atoms with Crippen molar-refractivity contribution in [2.45, 2.75) is 18.7 Å². The van der Waals surface area contributed by atoms with E-state index in [1.54, 1.807) is 30.0 Å². The number of carbonyl (C=O) groups is 1. The maximum absolute atomic E-state index is 12.2. The van der Waals surface area contributed by atoms with Crippen LogP contribution in [-0.2, 0) is 14.8 Å². The van der Waals surface area contributed by atoms with E-state index in [0.717, 1.165) is 15.5 Å². The van der Waals surface area contributed by atoms with Crippen LogP contribution in [0.25, 0.3) is 0 Å². The minimum atomic E-state index is -3.60. The van der Waals surface area contributed by atoms with Crippen LogP contribution < -0.4 is 9.62 Å². The second kappa shape index (κ2) is 9.48. The molecule has 0 saturated carbocycles. The van der Waals surface area contributed by atoms with Crippen molar-refractivity contribution in [2.75, 3.05) is 29.4 Å². The summed E-state index contributed by atoms with van der Waals surface area (Å²) in [5.41, 5.74) is 2.84. The number of rotatable bonds is 8. The van der Waals surface area contributed by atoms with Crippen LogP contribution in [0.5, 0.6) is 0 Å². The highest BCUT2D eigenvalue weighted by atomic mass is 35.5. The molecule has 0 bridgehead atoms. The second-order valence-electron chi connectivity index (χ2n) is 6.19. The number of nitrogens with one attached hydrogen (secondary N) is 1. The molecule has 146 valence electrons. The largest absolute Gasteiger partial charge is 0.354 e. The third kappa shape index (κ3) is 6.75. The molecule has 2 aromatic carbocycles. The third-order valence-corrected chi connectivity index (χ3v) is 6.33. The minimum Gasteiger partial charge on any atom is -0.354 e. The van der Waals surface area contributed by atoms with Crippen molar-refractivity contribution in [1.29, 1.82) is 0 Å². The SMILES string of the molecule is Cc1ccc(SCCNC(=O)CN(c2cccc(Cl)c2)S(C)(=O)=O)cc1C. The second-order valence-corrected chi connectivity index (χ2v) is 9.71. The summed E-state index contributed by atoms with van der Waals surface area (Å²) in [4.78, 5) is 13.4. The standard InChI is InChI=1S/C19H23ClN2O3S2/c1-14-7-8-18(11-15(14)2)26-10-9-21-19(23)13-22(27(3,24)25)17-6-4-5-16(20)12-17/h4-8,11-12H,9-10,13H2,1-3H3,(H,21,23). The van der Waals surface area contributed by atoms with Gasteiger partial charge in [-0.25, -0.2) is 8.42 Å². The Morgan fingerprint density at radius 3 is 2.52 bits per heavy atom. The van der Waals surface area contributed by atoms with Gasteiger partial charge in [0.2, 0.25) is 15.9 Å². The van der Waals surface area contributed by atoms with E-state index in [0.29, 0.717) is 23.0 Å². The Hall–Kier alpha value is -1.70. The van der Waals surface area contributed by atoms with E-state index >= 15 is 0 Å². The first-order valence-electron chi connectivity index (χ1n) is 8.37. The molecule has 0 saturated heterocycles. The van der Waals surface area contributed by atoms with Crippen molar-refractivity contribution in [1.82, 2.24) is 5.32 Å². The molecule has 2 aromatic rings. The maximum Gasteiger partial charge on any atom is 0.240 e. The van der Waals surface area contributed by atoms with Gasteiger partial charge in [-0.15, -0.1) is 11.8 Å². The van der Waals surface area contributed by atoms with Crippen molar-refractivity contribution < 1.29 is 13.2 Å². The van der Waals surface area contributed by atoms with Gasteiger partial charge in [0.15, 0.2) is 0 Å². The van der Waals surface area contributed by atoms with E-state index in [1.165, 1.54) is 17.2 Å². The van der Waals surface area contributed by atoms with Crippen molar-refractivity contribution in [3.8, 4) is 0 Å². The van der Waals surface area contributed by atoms with E-state index < -0.39 is 10.0 Å². The lowest BCUT2D eigenvalue weighted by molar-refractivity contribution is -0.119. The van der Waals surface area contributed by atoms with Crippen LogP contribution in [0, 0.1) is 13.8 Å². The van der Waals surface area contributed by atoms with E-state index in [4.69, 9.17) is 11.6 Å². The van der Waals surface area contributed by atoms with Gasteiger partial charge >= 0.3 is 0 Å². The zero-order valence-electron chi connectivity index (χ0n) is 15.5. The lowest BCUT2D eigenvalue weighted by Gasteiger charge is -2.22. The number of anilines is 1. The molecule has 1 amide bonds. The summed E-state index contributed by atoms with van der Waals surface area (Å²) in [5, 5.41) is 3.18. The van der Waals surface area contributed by atoms with Crippen LogP contribution in [0.3, 0.4) is 0 Å². The fourth-order valence-corrected chi connectivity index (χ4v) is 4.28. The third-order valence-electron chi connectivity index (χ3n) is 3.96. The lowest BCUT2D eigenvalue weighted by Crippen LogP contribution is -2.41. The Bertz CT molecular complexity index is 917. The van der Waals surface area contributed by atoms with Crippen molar-refractivity contribution in [3.05, 3.63) is 58.6 Å². The van der Waals surface area contributed by atoms with Gasteiger partial charge in [-0.2, -0.15) is 0 Å². The summed E-state index contributed by atoms with van der Waals surface area (Å²) in [6.07, 6.45) is 1.07. The summed E-state index contributed by atoms with van der Waals surface area (Å²) >= 11 is 7.58. The molecule has 0 aliphatic rings. The molecule has 0 aliphatic carbocycles. The normalized spacial score (nSPS) is 11.3. The van der Waals surface area contributed by atoms with Crippen molar-refractivity contribution >= 4 is 45.0 Å². The average molecular weight is 427 g/mol. The molecule has 2 rings (SSSR count). The molecule has 0 fully saturated rings. The van der Waals surface area contributed by atoms with Crippen molar-refractivity contribution in [3.63, 3.8) is 0 Å². The summed E-state index contributed by atoms with van der Waals surface area (Å²) < 4.78 is 25.1. The van der Waals surface area contributed by atoms with Gasteiger partial charge < -0.3 is 5.32 Å². The van der Waals surface area contributed by atoms with E-state index in [-0.39, 0.29) is 12.5 Å². The summed E-state index contributed by atoms with van der Waals surface area (Å²) in [6, 6.07) is 12.7. The fraction of sp³-hybridized carbons (Fsp3) is 0.316. The van der Waals surface area contributed by atoms with Crippen LogP contribution in [0.15, 0.2) is 47.4 Å². The highest BCUT2D eigenvalue weighted by Gasteiger charge is 2.20. The molecule has 27 heavy (non-hydrogen) atoms. The van der Waals surface area contributed by atoms with Gasteiger partial charge in [0.25, 0.3) is 0 Å². The first-order chi connectivity index (χ1) is 12.7. The monoisotopic (exact) mass is 426 g/mol. The molecular weight excluding hydrogens is 404 g/mol. The number of thioether (sulfide) groups is 1. The van der Waals surface area contributed by atoms with Crippen LogP contribution >= 0.6 is 23.4 Å². The van der Waals surface area contributed by atoms with Gasteiger partial charge in [-0.1, -0.05) is 23.7 Å². The summed E-state index contributed by atoms with van der Waals surface area (Å²) in [6.45, 7) is 4.30. The van der Waals surface area contributed by atoms with Crippen LogP contribution in [0.4, 0.5) is 5.69 Å². The number of benzene rings is 2. The highest BCUT2D eigenvalue weighted by molar-refractivity contribution is 7.99. The Morgan fingerprint density at radius 2 is 1.89 bits per heavy atom. The average Bonchev–Trinajstić information content (AvgIpc) is 2.58. The fourth-order valence-electron chi connectivity index (χ4n) is 2.38. The smallest absolute Gasteiger partial charge is 0.240 e. The number of aryl methyl sites for hydroxylation is 2. The Morgan fingerprint density at radius 1 is 1.15 bits per heavy atom. The van der Waals surface area contributed by atoms with E-state index in [9.17, 15) is 13.2 Å². The first-order valence-corrected chi connectivity index (χ1v) is 11.6. The number of sulfonamides is 1. The molecule has 0 atom stereocenters. The van der Waals surface area contributed by atoms with Crippen LogP contribution in [0.2, 0.25) is 5.02 Å². The number of nitrogens with zero attached hydrogens (tertiary/aromatic N) is 1. The highest BCUT2D eigenvalue weighted by Crippen LogP contribution is 2.22. The molecule has 0 aromatic heterocycles. The zero-order valence-corrected chi connectivity index (χ0v) is 17.9. The molecule has 0 unspecified atom stereocenters. The first kappa shape index (κ1) is 21.6. The number of carbonyl (C=O) groups excluding carboxylic acids is 1. The predicted octanol–water partition coefficient (Wildman–Crippen LogP) is 3.63. The topological polar surface area (TPSA) is 66.5 Å². The number of hydrogen-bond donors (Lipinski definition) is 1. The molecule has 0 aliphatic heterocycles. The van der Waals surface area contributed by atoms with Gasteiger partial charge in [0.1, 0.15) is 6.54 Å². The minimum absolute atomic E-state index is 0.284. The quantitative estimate of drug-likeness (QED) is 0.517. The van der Waals surface area contributed by atoms with Crippen molar-refractivity contribution in [2.24, 2.45) is 0 Å². The maximum atomic E-state index is 12.2. The number of hydrogen-bond acceptors (Lipinski definition) is 4. The molecule has 0 radical (unpaired) electrons. The molecule has 5 nitrogen and oxygen atoms in total. The summed E-state index contributed by atoms with van der Waals surface area (Å²) in [7, 11) is -3.60. The molecule has 0 heterocycles. The molecular formula is C19H23ClN2O3S2. The summed E-state index contributed by atoms with van der Waals surface area (Å²) in [5.74, 6) is 0.339. The zero-order chi connectivity index (χ0) is 20.0. The lowest BCUT2D eigenvalue weighted by atomic mass is 10.1. The predicted molar refractivity (Wildman–Crippen MR) is 113 cm³/mol. The van der Waals surface area contributed by atoms with Crippen LogP contribution in [0.1, 0.15) is 11.1 Å². The van der Waals surface area contributed by atoms with E-state index in [1.807, 2.05) is 0 Å². The molecule has 0 spiro atoms. The van der Waals surface area contributed by atoms with Gasteiger partial charge in [-0.05, 0) is 55.3 Å². The Labute approximate surface area is 170 Å². The number of amides is 1. The van der Waals surface area contributed by atoms with E-state index in [2.05, 4.69) is 37.4 Å². The Balaban J connectivity index is 1.89. The molecule has 1 N–H and O–H groups in total. The Kier molecular flexibility index (Phi) is 7.59. The van der Waals surface area contributed by atoms with Gasteiger partial charge in [-0.3, -0.25) is 9.10 Å². The van der Waals surface area contributed by atoms with Gasteiger partial charge in [0.05, 0.1) is 11.9 Å². The molecule has 8 heteroatoms. The van der Waals surface area contributed by atoms with Gasteiger partial charge in [0, 0.05) is 22.2 Å². The number of halogens is 1.